The van der Waals surface area contributed by atoms with E-state index in [2.05, 4.69) is 20.5 Å². The van der Waals surface area contributed by atoms with E-state index in [0.717, 1.165) is 6.26 Å². The lowest BCUT2D eigenvalue weighted by atomic mass is 10.3. The second-order valence-electron chi connectivity index (χ2n) is 4.35. The Morgan fingerprint density at radius 2 is 1.76 bits per heavy atom. The number of benzene rings is 1. The van der Waals surface area contributed by atoms with Crippen molar-refractivity contribution in [1.82, 2.24) is 5.16 Å². The highest BCUT2D eigenvalue weighted by molar-refractivity contribution is 7.92. The van der Waals surface area contributed by atoms with Crippen molar-refractivity contribution in [3.63, 3.8) is 0 Å². The van der Waals surface area contributed by atoms with E-state index >= 15 is 0 Å². The number of hydrogen-bond acceptors (Lipinski definition) is 5. The van der Waals surface area contributed by atoms with Crippen molar-refractivity contribution in [2.24, 2.45) is 0 Å². The first-order chi connectivity index (χ1) is 9.82. The number of aryl methyl sites for hydroxylation is 1. The van der Waals surface area contributed by atoms with Gasteiger partial charge in [-0.05, 0) is 31.2 Å². The summed E-state index contributed by atoms with van der Waals surface area (Å²) in [5.41, 5.74) is 0.919. The summed E-state index contributed by atoms with van der Waals surface area (Å²) in [4.78, 5) is 11.7. The Labute approximate surface area is 121 Å². The molecule has 1 aromatic carbocycles. The molecule has 1 heterocycles. The van der Waals surface area contributed by atoms with Crippen LogP contribution in [0.1, 0.15) is 5.76 Å². The molecule has 0 radical (unpaired) electrons. The second-order valence-corrected chi connectivity index (χ2v) is 6.10. The Balaban J connectivity index is 1.95. The molecule has 9 heteroatoms. The zero-order chi connectivity index (χ0) is 15.5. The highest BCUT2D eigenvalue weighted by atomic mass is 32.2. The van der Waals surface area contributed by atoms with Gasteiger partial charge >= 0.3 is 6.03 Å². The highest BCUT2D eigenvalue weighted by Crippen LogP contribution is 2.15. The van der Waals surface area contributed by atoms with Crippen LogP contribution in [0.25, 0.3) is 0 Å². The van der Waals surface area contributed by atoms with E-state index in [-0.39, 0.29) is 0 Å². The Hall–Kier alpha value is -2.55. The largest absolute Gasteiger partial charge is 0.360 e. The highest BCUT2D eigenvalue weighted by Gasteiger charge is 2.07. The standard InChI is InChI=1S/C12H14N4O4S/c1-8-7-11(15-20-8)14-12(17)13-9-3-5-10(6-4-9)16-21(2,18)19/h3-7,16H,1-2H3,(H2,13,14,15,17). The van der Waals surface area contributed by atoms with Crippen LogP contribution >= 0.6 is 0 Å². The number of nitrogens with zero attached hydrogens (tertiary/aromatic N) is 1. The number of carbonyl (C=O) groups is 1. The third-order valence-corrected chi connectivity index (χ3v) is 2.92. The number of amides is 2. The minimum Gasteiger partial charge on any atom is -0.360 e. The van der Waals surface area contributed by atoms with Crippen molar-refractivity contribution in [1.29, 1.82) is 0 Å². The molecule has 0 saturated carbocycles. The zero-order valence-corrected chi connectivity index (χ0v) is 12.2. The van der Waals surface area contributed by atoms with Gasteiger partial charge in [0.2, 0.25) is 10.0 Å². The molecule has 21 heavy (non-hydrogen) atoms. The van der Waals surface area contributed by atoms with E-state index < -0.39 is 16.1 Å². The summed E-state index contributed by atoms with van der Waals surface area (Å²) in [5.74, 6) is 0.891. The predicted molar refractivity (Wildman–Crippen MR) is 78.8 cm³/mol. The molecule has 0 atom stereocenters. The molecule has 3 N–H and O–H groups in total. The van der Waals surface area contributed by atoms with Crippen molar-refractivity contribution in [2.45, 2.75) is 6.92 Å². The average Bonchev–Trinajstić information content (AvgIpc) is 2.75. The number of hydrogen-bond donors (Lipinski definition) is 3. The van der Waals surface area contributed by atoms with Gasteiger partial charge in [-0.1, -0.05) is 5.16 Å². The van der Waals surface area contributed by atoms with Crippen molar-refractivity contribution < 1.29 is 17.7 Å². The van der Waals surface area contributed by atoms with Gasteiger partial charge in [0.25, 0.3) is 0 Å². The number of carbonyl (C=O) groups excluding carboxylic acids is 1. The number of rotatable bonds is 4. The molecule has 2 amide bonds. The Bertz CT molecular complexity index is 737. The van der Waals surface area contributed by atoms with Crippen LogP contribution in [-0.2, 0) is 10.0 Å². The Morgan fingerprint density at radius 1 is 1.14 bits per heavy atom. The molecule has 0 unspecified atom stereocenters. The fourth-order valence-corrected chi connectivity index (χ4v) is 2.10. The zero-order valence-electron chi connectivity index (χ0n) is 11.4. The van der Waals surface area contributed by atoms with Crippen LogP contribution in [0.15, 0.2) is 34.9 Å². The molecule has 0 aliphatic carbocycles. The van der Waals surface area contributed by atoms with Gasteiger partial charge < -0.3 is 9.84 Å². The lowest BCUT2D eigenvalue weighted by Gasteiger charge is -2.07. The van der Waals surface area contributed by atoms with Crippen molar-refractivity contribution in [3.8, 4) is 0 Å². The topological polar surface area (TPSA) is 113 Å². The minimum absolute atomic E-state index is 0.306. The third kappa shape index (κ3) is 4.80. The summed E-state index contributed by atoms with van der Waals surface area (Å²) < 4.78 is 29.3. The van der Waals surface area contributed by atoms with Gasteiger partial charge in [-0.2, -0.15) is 0 Å². The first-order valence-electron chi connectivity index (χ1n) is 5.91. The number of sulfonamides is 1. The van der Waals surface area contributed by atoms with Gasteiger partial charge in [0.05, 0.1) is 6.26 Å². The number of aromatic nitrogens is 1. The molecule has 1 aromatic heterocycles. The lowest BCUT2D eigenvalue weighted by molar-refractivity contribution is 0.262. The van der Waals surface area contributed by atoms with Crippen molar-refractivity contribution >= 4 is 33.2 Å². The number of anilines is 3. The summed E-state index contributed by atoms with van der Waals surface area (Å²) in [6, 6.07) is 7.32. The monoisotopic (exact) mass is 310 g/mol. The number of urea groups is 1. The van der Waals surface area contributed by atoms with Gasteiger partial charge in [-0.3, -0.25) is 10.0 Å². The molecule has 0 saturated heterocycles. The van der Waals surface area contributed by atoms with E-state index in [1.807, 2.05) is 0 Å². The first-order valence-corrected chi connectivity index (χ1v) is 7.80. The predicted octanol–water partition coefficient (Wildman–Crippen LogP) is 2.00. The fourth-order valence-electron chi connectivity index (χ4n) is 1.54. The Kier molecular flexibility index (Phi) is 4.13. The first kappa shape index (κ1) is 14.9. The van der Waals surface area contributed by atoms with E-state index in [9.17, 15) is 13.2 Å². The minimum atomic E-state index is -3.32. The van der Waals surface area contributed by atoms with Crippen LogP contribution < -0.4 is 15.4 Å². The summed E-state index contributed by atoms with van der Waals surface area (Å²) in [5, 5.41) is 8.71. The molecule has 2 aromatic rings. The van der Waals surface area contributed by atoms with Gasteiger partial charge in [-0.15, -0.1) is 0 Å². The van der Waals surface area contributed by atoms with Crippen molar-refractivity contribution in [3.05, 3.63) is 36.1 Å². The lowest BCUT2D eigenvalue weighted by Crippen LogP contribution is -2.19. The summed E-state index contributed by atoms with van der Waals surface area (Å²) in [6.07, 6.45) is 1.06. The normalized spacial score (nSPS) is 11.0. The Morgan fingerprint density at radius 3 is 2.29 bits per heavy atom. The van der Waals surface area contributed by atoms with Gasteiger partial charge in [0.15, 0.2) is 5.82 Å². The molecular weight excluding hydrogens is 296 g/mol. The average molecular weight is 310 g/mol. The SMILES string of the molecule is Cc1cc(NC(=O)Nc2ccc(NS(C)(=O)=O)cc2)no1. The van der Waals surface area contributed by atoms with Crippen LogP contribution in [0.5, 0.6) is 0 Å². The quantitative estimate of drug-likeness (QED) is 0.799. The van der Waals surface area contributed by atoms with Crippen LogP contribution in [0.2, 0.25) is 0 Å². The van der Waals surface area contributed by atoms with Gasteiger partial charge in [0, 0.05) is 17.4 Å². The fraction of sp³-hybridized carbons (Fsp3) is 0.167. The smallest absolute Gasteiger partial charge is 0.324 e. The van der Waals surface area contributed by atoms with Crippen LogP contribution in [0.4, 0.5) is 22.0 Å². The van der Waals surface area contributed by atoms with Gasteiger partial charge in [-0.25, -0.2) is 13.2 Å². The summed E-state index contributed by atoms with van der Waals surface area (Å²) >= 11 is 0. The summed E-state index contributed by atoms with van der Waals surface area (Å²) in [7, 11) is -3.32. The molecule has 0 fully saturated rings. The second kappa shape index (κ2) is 5.83. The van der Waals surface area contributed by atoms with Crippen LogP contribution in [0.3, 0.4) is 0 Å². The molecule has 2 rings (SSSR count). The maximum atomic E-state index is 11.7. The molecule has 112 valence electrons. The molecular formula is C12H14N4O4S. The van der Waals surface area contributed by atoms with E-state index in [1.54, 1.807) is 25.1 Å². The summed E-state index contributed by atoms with van der Waals surface area (Å²) in [6.45, 7) is 1.71. The van der Waals surface area contributed by atoms with Crippen molar-refractivity contribution in [2.75, 3.05) is 21.6 Å². The van der Waals surface area contributed by atoms with Gasteiger partial charge in [0.1, 0.15) is 5.76 Å². The van der Waals surface area contributed by atoms with E-state index in [0.29, 0.717) is 23.0 Å². The molecule has 0 aliphatic rings. The molecule has 8 nitrogen and oxygen atoms in total. The third-order valence-electron chi connectivity index (χ3n) is 2.32. The molecule has 0 spiro atoms. The van der Waals surface area contributed by atoms with E-state index in [1.165, 1.54) is 12.1 Å². The number of nitrogens with one attached hydrogen (secondary N) is 3. The molecule has 0 aliphatic heterocycles. The molecule has 0 bridgehead atoms. The maximum Gasteiger partial charge on any atom is 0.324 e. The van der Waals surface area contributed by atoms with E-state index in [4.69, 9.17) is 4.52 Å². The van der Waals surface area contributed by atoms with Crippen LogP contribution in [-0.4, -0.2) is 25.9 Å². The van der Waals surface area contributed by atoms with Crippen LogP contribution in [0, 0.1) is 6.92 Å². The maximum absolute atomic E-state index is 11.7.